The lowest BCUT2D eigenvalue weighted by atomic mass is 10.2. The second kappa shape index (κ2) is 7.62. The van der Waals surface area contributed by atoms with Crippen molar-refractivity contribution < 1.29 is 0 Å². The highest BCUT2D eigenvalue weighted by atomic mass is 35.5. The molecular weight excluding hydrogens is 290 g/mol. The van der Waals surface area contributed by atoms with Crippen LogP contribution in [0.25, 0.3) is 0 Å². The molecule has 3 nitrogen and oxygen atoms in total. The predicted octanol–water partition coefficient (Wildman–Crippen LogP) is 4.47. The Morgan fingerprint density at radius 1 is 1.35 bits per heavy atom. The Labute approximate surface area is 129 Å². The van der Waals surface area contributed by atoms with E-state index >= 15 is 0 Å². The van der Waals surface area contributed by atoms with Gasteiger partial charge in [0, 0.05) is 17.8 Å². The summed E-state index contributed by atoms with van der Waals surface area (Å²) < 4.78 is 0. The fourth-order valence-electron chi connectivity index (χ4n) is 1.91. The number of aromatic nitrogens is 1. The summed E-state index contributed by atoms with van der Waals surface area (Å²) in [4.78, 5) is 4.60. The fraction of sp³-hybridized carbons (Fsp3) is 0.400. The maximum atomic E-state index is 6.13. The first kappa shape index (κ1) is 15.3. The Balaban J connectivity index is 1.94. The minimum absolute atomic E-state index is 0.449. The molecule has 1 aromatic carbocycles. The van der Waals surface area contributed by atoms with Gasteiger partial charge in [0.25, 0.3) is 0 Å². The number of rotatable bonds is 7. The zero-order valence-corrected chi connectivity index (χ0v) is 13.4. The molecule has 0 saturated carbocycles. The van der Waals surface area contributed by atoms with E-state index in [1.807, 2.05) is 24.3 Å². The van der Waals surface area contributed by atoms with E-state index in [9.17, 15) is 0 Å². The second-order valence-corrected chi connectivity index (χ2v) is 6.07. The van der Waals surface area contributed by atoms with Crippen molar-refractivity contribution in [3.8, 4) is 0 Å². The summed E-state index contributed by atoms with van der Waals surface area (Å²) in [7, 11) is 0. The molecule has 0 radical (unpaired) electrons. The topological polar surface area (TPSA) is 37.0 Å². The van der Waals surface area contributed by atoms with Crippen LogP contribution in [0, 0.1) is 0 Å². The lowest BCUT2D eigenvalue weighted by Gasteiger charge is -2.11. The number of nitrogens with zero attached hydrogens (tertiary/aromatic N) is 1. The standard InChI is InChI=1S/C15H20ClN3S/c1-3-8-17-11(2)9-12-10-20-15(18-12)19-14-7-5-4-6-13(14)16/h4-7,10-11,17H,3,8-9H2,1-2H3,(H,18,19). The number of hydrogen-bond donors (Lipinski definition) is 2. The highest BCUT2D eigenvalue weighted by molar-refractivity contribution is 7.13. The first-order chi connectivity index (χ1) is 9.69. The fourth-order valence-corrected chi connectivity index (χ4v) is 2.83. The van der Waals surface area contributed by atoms with E-state index in [2.05, 4.69) is 34.8 Å². The smallest absolute Gasteiger partial charge is 0.187 e. The molecule has 1 heterocycles. The molecule has 1 unspecified atom stereocenters. The number of anilines is 2. The van der Waals surface area contributed by atoms with Gasteiger partial charge in [-0.2, -0.15) is 0 Å². The molecule has 0 saturated heterocycles. The van der Waals surface area contributed by atoms with Crippen LogP contribution in [0.4, 0.5) is 10.8 Å². The molecule has 0 aliphatic carbocycles. The van der Waals surface area contributed by atoms with Crippen molar-refractivity contribution in [3.05, 3.63) is 40.4 Å². The summed E-state index contributed by atoms with van der Waals surface area (Å²) >= 11 is 7.74. The highest BCUT2D eigenvalue weighted by Gasteiger charge is 2.08. The van der Waals surface area contributed by atoms with Gasteiger partial charge in [-0.25, -0.2) is 4.98 Å². The summed E-state index contributed by atoms with van der Waals surface area (Å²) in [6, 6.07) is 8.15. The normalized spacial score (nSPS) is 12.3. The van der Waals surface area contributed by atoms with Crippen molar-refractivity contribution in [2.45, 2.75) is 32.7 Å². The lowest BCUT2D eigenvalue weighted by molar-refractivity contribution is 0.540. The zero-order chi connectivity index (χ0) is 14.4. The minimum atomic E-state index is 0.449. The van der Waals surface area contributed by atoms with Crippen molar-refractivity contribution in [2.24, 2.45) is 0 Å². The van der Waals surface area contributed by atoms with E-state index in [4.69, 9.17) is 11.6 Å². The van der Waals surface area contributed by atoms with Gasteiger partial charge in [-0.1, -0.05) is 30.7 Å². The highest BCUT2D eigenvalue weighted by Crippen LogP contribution is 2.26. The predicted molar refractivity (Wildman–Crippen MR) is 88.3 cm³/mol. The van der Waals surface area contributed by atoms with Crippen molar-refractivity contribution in [1.29, 1.82) is 0 Å². The summed E-state index contributed by atoms with van der Waals surface area (Å²) in [5.74, 6) is 0. The van der Waals surface area contributed by atoms with Crippen LogP contribution in [0.2, 0.25) is 5.02 Å². The maximum Gasteiger partial charge on any atom is 0.187 e. The molecule has 1 atom stereocenters. The summed E-state index contributed by atoms with van der Waals surface area (Å²) in [5.41, 5.74) is 2.01. The van der Waals surface area contributed by atoms with Gasteiger partial charge in [0.05, 0.1) is 16.4 Å². The van der Waals surface area contributed by atoms with Crippen LogP contribution in [0.15, 0.2) is 29.6 Å². The van der Waals surface area contributed by atoms with Crippen LogP contribution in [0.1, 0.15) is 26.0 Å². The first-order valence-electron chi connectivity index (χ1n) is 6.88. The molecule has 20 heavy (non-hydrogen) atoms. The van der Waals surface area contributed by atoms with Crippen LogP contribution in [-0.2, 0) is 6.42 Å². The van der Waals surface area contributed by atoms with E-state index in [1.54, 1.807) is 11.3 Å². The Kier molecular flexibility index (Phi) is 5.83. The average Bonchev–Trinajstić information content (AvgIpc) is 2.86. The quantitative estimate of drug-likeness (QED) is 0.792. The molecule has 0 spiro atoms. The Morgan fingerprint density at radius 2 is 2.15 bits per heavy atom. The van der Waals surface area contributed by atoms with Crippen LogP contribution in [-0.4, -0.2) is 17.6 Å². The van der Waals surface area contributed by atoms with Gasteiger partial charge < -0.3 is 10.6 Å². The van der Waals surface area contributed by atoms with Crippen molar-refractivity contribution >= 4 is 33.8 Å². The van der Waals surface area contributed by atoms with Crippen LogP contribution in [0.5, 0.6) is 0 Å². The monoisotopic (exact) mass is 309 g/mol. The summed E-state index contributed by atoms with van der Waals surface area (Å²) in [6.45, 7) is 5.42. The van der Waals surface area contributed by atoms with E-state index in [0.717, 1.165) is 35.9 Å². The van der Waals surface area contributed by atoms with Crippen molar-refractivity contribution in [3.63, 3.8) is 0 Å². The van der Waals surface area contributed by atoms with Gasteiger partial charge in [0.15, 0.2) is 5.13 Å². The molecule has 0 fully saturated rings. The molecule has 5 heteroatoms. The van der Waals surface area contributed by atoms with Gasteiger partial charge in [-0.05, 0) is 32.0 Å². The number of thiazole rings is 1. The molecule has 0 bridgehead atoms. The Bertz CT molecular complexity index is 541. The second-order valence-electron chi connectivity index (χ2n) is 4.81. The van der Waals surface area contributed by atoms with E-state index < -0.39 is 0 Å². The van der Waals surface area contributed by atoms with Crippen LogP contribution >= 0.6 is 22.9 Å². The lowest BCUT2D eigenvalue weighted by Crippen LogP contribution is -2.28. The van der Waals surface area contributed by atoms with Gasteiger partial charge >= 0.3 is 0 Å². The molecule has 2 N–H and O–H groups in total. The third-order valence-corrected chi connectivity index (χ3v) is 4.06. The molecule has 0 aliphatic heterocycles. The van der Waals surface area contributed by atoms with Crippen LogP contribution in [0.3, 0.4) is 0 Å². The van der Waals surface area contributed by atoms with Crippen molar-refractivity contribution in [1.82, 2.24) is 10.3 Å². The van der Waals surface area contributed by atoms with Crippen molar-refractivity contribution in [2.75, 3.05) is 11.9 Å². The van der Waals surface area contributed by atoms with E-state index in [0.29, 0.717) is 11.1 Å². The number of nitrogens with one attached hydrogen (secondary N) is 2. The molecule has 0 amide bonds. The minimum Gasteiger partial charge on any atom is -0.330 e. The summed E-state index contributed by atoms with van der Waals surface area (Å²) in [6.07, 6.45) is 2.10. The third kappa shape index (κ3) is 4.47. The molecule has 0 aliphatic rings. The molecule has 2 aromatic rings. The Morgan fingerprint density at radius 3 is 2.90 bits per heavy atom. The van der Waals surface area contributed by atoms with Gasteiger partial charge in [-0.3, -0.25) is 0 Å². The summed E-state index contributed by atoms with van der Waals surface area (Å²) in [5, 5.41) is 10.4. The van der Waals surface area contributed by atoms with Gasteiger partial charge in [0.1, 0.15) is 0 Å². The maximum absolute atomic E-state index is 6.13. The Hall–Kier alpha value is -1.10. The number of benzene rings is 1. The average molecular weight is 310 g/mol. The zero-order valence-electron chi connectivity index (χ0n) is 11.8. The SMILES string of the molecule is CCCNC(C)Cc1csc(Nc2ccccc2Cl)n1. The molecule has 108 valence electrons. The number of halogens is 1. The van der Waals surface area contributed by atoms with Gasteiger partial charge in [0.2, 0.25) is 0 Å². The van der Waals surface area contributed by atoms with Crippen LogP contribution < -0.4 is 10.6 Å². The number of hydrogen-bond acceptors (Lipinski definition) is 4. The largest absolute Gasteiger partial charge is 0.330 e. The van der Waals surface area contributed by atoms with E-state index in [-0.39, 0.29) is 0 Å². The number of para-hydroxylation sites is 1. The molecule has 2 rings (SSSR count). The van der Waals surface area contributed by atoms with E-state index in [1.165, 1.54) is 0 Å². The molecular formula is C15H20ClN3S. The molecule has 1 aromatic heterocycles. The first-order valence-corrected chi connectivity index (χ1v) is 8.14. The van der Waals surface area contributed by atoms with Gasteiger partial charge in [-0.15, -0.1) is 11.3 Å². The third-order valence-electron chi connectivity index (χ3n) is 2.93.